The third kappa shape index (κ3) is 4.28. The first-order valence-corrected chi connectivity index (χ1v) is 6.96. The topological polar surface area (TPSA) is 55.8 Å². The summed E-state index contributed by atoms with van der Waals surface area (Å²) in [5, 5.41) is 0. The van der Waals surface area contributed by atoms with Crippen LogP contribution in [0.15, 0.2) is 0 Å². The first-order chi connectivity index (χ1) is 8.91. The van der Waals surface area contributed by atoms with Gasteiger partial charge >= 0.3 is 5.97 Å². The Balaban J connectivity index is 2.55. The van der Waals surface area contributed by atoms with E-state index in [0.29, 0.717) is 13.2 Å². The number of ketones is 1. The van der Waals surface area contributed by atoms with Gasteiger partial charge in [0.15, 0.2) is 5.78 Å². The zero-order valence-corrected chi connectivity index (χ0v) is 12.4. The van der Waals surface area contributed by atoms with Gasteiger partial charge in [-0.15, -0.1) is 0 Å². The maximum Gasteiger partial charge on any atom is 0.319 e. The summed E-state index contributed by atoms with van der Waals surface area (Å²) in [7, 11) is 0. The van der Waals surface area contributed by atoms with Crippen LogP contribution in [-0.4, -0.2) is 55.6 Å². The van der Waals surface area contributed by atoms with Crippen LogP contribution in [0.2, 0.25) is 0 Å². The lowest BCUT2D eigenvalue weighted by atomic mass is 9.87. The number of hydrogen-bond acceptors (Lipinski definition) is 5. The van der Waals surface area contributed by atoms with Crippen molar-refractivity contribution in [1.82, 2.24) is 4.90 Å². The molecule has 0 amide bonds. The number of nitrogens with zero attached hydrogens (tertiary/aromatic N) is 1. The molecule has 5 nitrogen and oxygen atoms in total. The highest BCUT2D eigenvalue weighted by Gasteiger charge is 2.38. The molecule has 0 aromatic carbocycles. The van der Waals surface area contributed by atoms with Crippen molar-refractivity contribution in [3.05, 3.63) is 0 Å². The molecule has 1 fully saturated rings. The molecule has 1 saturated heterocycles. The SMILES string of the molecule is CCOC(=O)C(C)(C)C(=O)CN1CCOC(CC)C1. The van der Waals surface area contributed by atoms with Crippen molar-refractivity contribution in [3.63, 3.8) is 0 Å². The molecule has 1 aliphatic rings. The van der Waals surface area contributed by atoms with Crippen LogP contribution >= 0.6 is 0 Å². The van der Waals surface area contributed by atoms with Crippen molar-refractivity contribution in [1.29, 1.82) is 0 Å². The van der Waals surface area contributed by atoms with Crippen LogP contribution in [0.3, 0.4) is 0 Å². The smallest absolute Gasteiger partial charge is 0.319 e. The zero-order valence-electron chi connectivity index (χ0n) is 12.4. The molecule has 0 saturated carbocycles. The minimum absolute atomic E-state index is 0.0947. The van der Waals surface area contributed by atoms with Gasteiger partial charge in [-0.1, -0.05) is 6.92 Å². The summed E-state index contributed by atoms with van der Waals surface area (Å²) in [5.41, 5.74) is -1.07. The average Bonchev–Trinajstić information content (AvgIpc) is 2.39. The van der Waals surface area contributed by atoms with Crippen LogP contribution in [0.25, 0.3) is 0 Å². The first-order valence-electron chi connectivity index (χ1n) is 6.96. The highest BCUT2D eigenvalue weighted by molar-refractivity contribution is 6.03. The van der Waals surface area contributed by atoms with Gasteiger partial charge in [-0.05, 0) is 27.2 Å². The average molecular weight is 271 g/mol. The van der Waals surface area contributed by atoms with Crippen LogP contribution in [-0.2, 0) is 19.1 Å². The van der Waals surface area contributed by atoms with E-state index in [2.05, 4.69) is 11.8 Å². The van der Waals surface area contributed by atoms with Crippen LogP contribution in [0, 0.1) is 5.41 Å². The molecule has 1 aliphatic heterocycles. The second kappa shape index (κ2) is 7.01. The predicted octanol–water partition coefficient (Wildman–Crippen LogP) is 1.26. The van der Waals surface area contributed by atoms with Gasteiger partial charge in [-0.2, -0.15) is 0 Å². The molecule has 0 aromatic rings. The van der Waals surface area contributed by atoms with Crippen molar-refractivity contribution in [2.24, 2.45) is 5.41 Å². The number of carbonyl (C=O) groups excluding carboxylic acids is 2. The number of morpholine rings is 1. The Hall–Kier alpha value is -0.940. The van der Waals surface area contributed by atoms with E-state index in [4.69, 9.17) is 9.47 Å². The molecule has 1 rings (SSSR count). The first kappa shape index (κ1) is 16.1. The fourth-order valence-electron chi connectivity index (χ4n) is 2.00. The fraction of sp³-hybridized carbons (Fsp3) is 0.857. The lowest BCUT2D eigenvalue weighted by Gasteiger charge is -2.33. The molecule has 0 spiro atoms. The Kier molecular flexibility index (Phi) is 5.94. The van der Waals surface area contributed by atoms with Crippen LogP contribution in [0.1, 0.15) is 34.1 Å². The van der Waals surface area contributed by atoms with E-state index in [0.717, 1.165) is 19.5 Å². The highest BCUT2D eigenvalue weighted by atomic mass is 16.5. The van der Waals surface area contributed by atoms with E-state index in [9.17, 15) is 9.59 Å². The third-order valence-electron chi connectivity index (χ3n) is 3.53. The van der Waals surface area contributed by atoms with E-state index in [1.54, 1.807) is 20.8 Å². The standard InChI is InChI=1S/C14H25NO4/c1-5-11-9-15(7-8-19-11)10-12(16)14(3,4)13(17)18-6-2/h11H,5-10H2,1-4H3. The van der Waals surface area contributed by atoms with Gasteiger partial charge in [-0.25, -0.2) is 0 Å². The highest BCUT2D eigenvalue weighted by Crippen LogP contribution is 2.20. The summed E-state index contributed by atoms with van der Waals surface area (Å²) in [5.74, 6) is -0.539. The molecular weight excluding hydrogens is 246 g/mol. The largest absolute Gasteiger partial charge is 0.465 e. The van der Waals surface area contributed by atoms with Gasteiger partial charge in [0, 0.05) is 13.1 Å². The molecule has 1 atom stereocenters. The molecule has 0 aromatic heterocycles. The van der Waals surface area contributed by atoms with E-state index in [1.807, 2.05) is 0 Å². The van der Waals surface area contributed by atoms with Crippen LogP contribution in [0.5, 0.6) is 0 Å². The molecule has 0 radical (unpaired) electrons. The molecule has 19 heavy (non-hydrogen) atoms. The maximum atomic E-state index is 12.3. The number of Topliss-reactive ketones (excluding diaryl/α,β-unsaturated/α-hetero) is 1. The van der Waals surface area contributed by atoms with Crippen molar-refractivity contribution >= 4 is 11.8 Å². The van der Waals surface area contributed by atoms with E-state index in [1.165, 1.54) is 0 Å². The van der Waals surface area contributed by atoms with Crippen molar-refractivity contribution in [2.75, 3.05) is 32.8 Å². The fourth-order valence-corrected chi connectivity index (χ4v) is 2.00. The summed E-state index contributed by atoms with van der Waals surface area (Å²) in [4.78, 5) is 26.1. The molecule has 1 unspecified atom stereocenters. The molecule has 0 aliphatic carbocycles. The van der Waals surface area contributed by atoms with E-state index < -0.39 is 11.4 Å². The second-order valence-electron chi connectivity index (χ2n) is 5.40. The monoisotopic (exact) mass is 271 g/mol. The van der Waals surface area contributed by atoms with E-state index >= 15 is 0 Å². The lowest BCUT2D eigenvalue weighted by molar-refractivity contribution is -0.158. The number of esters is 1. The van der Waals surface area contributed by atoms with Gasteiger partial charge in [0.2, 0.25) is 0 Å². The van der Waals surface area contributed by atoms with Crippen molar-refractivity contribution in [2.45, 2.75) is 40.2 Å². The zero-order chi connectivity index (χ0) is 14.5. The van der Waals surface area contributed by atoms with Gasteiger partial charge in [0.1, 0.15) is 5.41 Å². The minimum Gasteiger partial charge on any atom is -0.465 e. The van der Waals surface area contributed by atoms with Crippen LogP contribution < -0.4 is 0 Å². The summed E-state index contributed by atoms with van der Waals surface area (Å²) < 4.78 is 10.5. The Morgan fingerprint density at radius 1 is 1.37 bits per heavy atom. The third-order valence-corrected chi connectivity index (χ3v) is 3.53. The lowest BCUT2D eigenvalue weighted by Crippen LogP contribution is -2.48. The number of ether oxygens (including phenoxy) is 2. The van der Waals surface area contributed by atoms with Gasteiger partial charge in [0.05, 0.1) is 25.9 Å². The predicted molar refractivity (Wildman–Crippen MR) is 71.9 cm³/mol. The maximum absolute atomic E-state index is 12.3. The summed E-state index contributed by atoms with van der Waals surface area (Å²) in [6, 6.07) is 0. The minimum atomic E-state index is -1.07. The Morgan fingerprint density at radius 2 is 2.05 bits per heavy atom. The van der Waals surface area contributed by atoms with Crippen LogP contribution in [0.4, 0.5) is 0 Å². The quantitative estimate of drug-likeness (QED) is 0.537. The molecule has 1 heterocycles. The summed E-state index contributed by atoms with van der Waals surface area (Å²) in [6.07, 6.45) is 1.12. The molecular formula is C14H25NO4. The molecule has 110 valence electrons. The van der Waals surface area contributed by atoms with Gasteiger partial charge in [-0.3, -0.25) is 14.5 Å². The number of rotatable bonds is 6. The normalized spacial score (nSPS) is 21.2. The Labute approximate surface area is 115 Å². The van der Waals surface area contributed by atoms with Gasteiger partial charge in [0.25, 0.3) is 0 Å². The molecule has 0 bridgehead atoms. The van der Waals surface area contributed by atoms with Crippen molar-refractivity contribution < 1.29 is 19.1 Å². The van der Waals surface area contributed by atoms with E-state index in [-0.39, 0.29) is 18.4 Å². The second-order valence-corrected chi connectivity index (χ2v) is 5.40. The Bertz CT molecular complexity index is 327. The molecule has 5 heteroatoms. The van der Waals surface area contributed by atoms with Gasteiger partial charge < -0.3 is 9.47 Å². The Morgan fingerprint density at radius 3 is 2.63 bits per heavy atom. The number of carbonyl (C=O) groups is 2. The summed E-state index contributed by atoms with van der Waals surface area (Å²) in [6.45, 7) is 9.78. The van der Waals surface area contributed by atoms with Crippen molar-refractivity contribution in [3.8, 4) is 0 Å². The number of hydrogen-bond donors (Lipinski definition) is 0. The molecule has 0 N–H and O–H groups in total. The summed E-state index contributed by atoms with van der Waals surface area (Å²) >= 11 is 0.